The van der Waals surface area contributed by atoms with Crippen molar-refractivity contribution >= 4 is 39.1 Å². The van der Waals surface area contributed by atoms with Crippen molar-refractivity contribution in [3.05, 3.63) is 24.3 Å². The monoisotopic (exact) mass is 351 g/mol. The molecule has 2 aliphatic heterocycles. The van der Waals surface area contributed by atoms with E-state index in [0.717, 1.165) is 4.90 Å². The van der Waals surface area contributed by atoms with Gasteiger partial charge in [-0.15, -0.1) is 0 Å². The van der Waals surface area contributed by atoms with E-state index in [0.29, 0.717) is 24.3 Å². The van der Waals surface area contributed by atoms with Crippen molar-refractivity contribution in [1.82, 2.24) is 4.90 Å². The molecule has 128 valence electrons. The van der Waals surface area contributed by atoms with Gasteiger partial charge in [-0.25, -0.2) is 8.42 Å². The minimum absolute atomic E-state index is 0.142. The van der Waals surface area contributed by atoms with Crippen molar-refractivity contribution < 1.29 is 22.8 Å². The Morgan fingerprint density at radius 3 is 2.25 bits per heavy atom. The molecule has 2 heterocycles. The molecule has 0 spiro atoms. The lowest BCUT2D eigenvalue weighted by Crippen LogP contribution is -2.36. The lowest BCUT2D eigenvalue weighted by atomic mass is 10.2. The topological polar surface area (TPSA) is 104 Å². The standard InChI is InChI=1S/C15H17N3O5S/c19-13(10-17-14(20)6-7-15(17)21)16-11-2-4-12(5-3-11)18-8-1-9-24(18,22)23/h2-5H,1,6-10H2,(H,16,19). The van der Waals surface area contributed by atoms with Crippen LogP contribution in [0.25, 0.3) is 0 Å². The third-order valence-electron chi connectivity index (χ3n) is 3.99. The Morgan fingerprint density at radius 1 is 1.08 bits per heavy atom. The fourth-order valence-electron chi connectivity index (χ4n) is 2.78. The maximum Gasteiger partial charge on any atom is 0.244 e. The molecule has 2 aliphatic rings. The second-order valence-electron chi connectivity index (χ2n) is 5.71. The van der Waals surface area contributed by atoms with E-state index >= 15 is 0 Å². The number of imide groups is 1. The van der Waals surface area contributed by atoms with E-state index in [1.165, 1.54) is 4.31 Å². The van der Waals surface area contributed by atoms with Gasteiger partial charge >= 0.3 is 0 Å². The molecule has 0 bridgehead atoms. The molecule has 9 heteroatoms. The molecule has 3 rings (SSSR count). The zero-order valence-electron chi connectivity index (χ0n) is 12.9. The fourth-order valence-corrected chi connectivity index (χ4v) is 4.35. The normalized spacial score (nSPS) is 19.8. The van der Waals surface area contributed by atoms with Gasteiger partial charge in [0.1, 0.15) is 6.54 Å². The number of carbonyl (C=O) groups is 3. The van der Waals surface area contributed by atoms with Crippen molar-refractivity contribution in [2.24, 2.45) is 0 Å². The number of sulfonamides is 1. The van der Waals surface area contributed by atoms with Crippen LogP contribution in [-0.2, 0) is 24.4 Å². The highest BCUT2D eigenvalue weighted by atomic mass is 32.2. The molecule has 2 saturated heterocycles. The first-order chi connectivity index (χ1) is 11.4. The zero-order valence-corrected chi connectivity index (χ0v) is 13.7. The summed E-state index contributed by atoms with van der Waals surface area (Å²) < 4.78 is 25.1. The van der Waals surface area contributed by atoms with Crippen molar-refractivity contribution in [1.29, 1.82) is 0 Å². The molecule has 3 amide bonds. The largest absolute Gasteiger partial charge is 0.325 e. The smallest absolute Gasteiger partial charge is 0.244 e. The second-order valence-corrected chi connectivity index (χ2v) is 7.72. The van der Waals surface area contributed by atoms with Crippen LogP contribution < -0.4 is 9.62 Å². The van der Waals surface area contributed by atoms with Crippen molar-refractivity contribution in [3.63, 3.8) is 0 Å². The van der Waals surface area contributed by atoms with Crippen LogP contribution >= 0.6 is 0 Å². The maximum absolute atomic E-state index is 11.9. The van der Waals surface area contributed by atoms with Crippen LogP contribution in [0, 0.1) is 0 Å². The van der Waals surface area contributed by atoms with Crippen LogP contribution in [0.2, 0.25) is 0 Å². The molecule has 1 N–H and O–H groups in total. The number of amides is 3. The summed E-state index contributed by atoms with van der Waals surface area (Å²) in [5.74, 6) is -1.02. The minimum atomic E-state index is -3.24. The predicted octanol–water partition coefficient (Wildman–Crippen LogP) is 0.314. The third-order valence-corrected chi connectivity index (χ3v) is 5.86. The molecule has 0 saturated carbocycles. The van der Waals surface area contributed by atoms with E-state index in [4.69, 9.17) is 0 Å². The molecule has 0 unspecified atom stereocenters. The third kappa shape index (κ3) is 3.25. The number of nitrogens with zero attached hydrogens (tertiary/aromatic N) is 2. The van der Waals surface area contributed by atoms with Crippen LogP contribution in [0.15, 0.2) is 24.3 Å². The van der Waals surface area contributed by atoms with E-state index in [1.807, 2.05) is 0 Å². The van der Waals surface area contributed by atoms with E-state index in [-0.39, 0.29) is 37.0 Å². The van der Waals surface area contributed by atoms with E-state index in [2.05, 4.69) is 5.32 Å². The molecule has 0 aliphatic carbocycles. The predicted molar refractivity (Wildman–Crippen MR) is 86.8 cm³/mol. The van der Waals surface area contributed by atoms with E-state index < -0.39 is 15.9 Å². The number of benzene rings is 1. The van der Waals surface area contributed by atoms with Gasteiger partial charge in [0.15, 0.2) is 0 Å². The SMILES string of the molecule is O=C(CN1C(=O)CCC1=O)Nc1ccc(N2CCCS2(=O)=O)cc1. The first kappa shape index (κ1) is 16.4. The Balaban J connectivity index is 1.63. The molecular weight excluding hydrogens is 334 g/mol. The molecule has 0 aromatic heterocycles. The lowest BCUT2D eigenvalue weighted by Gasteiger charge is -2.17. The van der Waals surface area contributed by atoms with Crippen molar-refractivity contribution in [2.75, 3.05) is 28.5 Å². The van der Waals surface area contributed by atoms with Crippen LogP contribution in [0.1, 0.15) is 19.3 Å². The highest BCUT2D eigenvalue weighted by Crippen LogP contribution is 2.25. The van der Waals surface area contributed by atoms with Gasteiger partial charge < -0.3 is 5.32 Å². The Kier molecular flexibility index (Phi) is 4.27. The van der Waals surface area contributed by atoms with Gasteiger partial charge in [-0.2, -0.15) is 0 Å². The average molecular weight is 351 g/mol. The number of anilines is 2. The second kappa shape index (κ2) is 6.23. The molecule has 0 atom stereocenters. The average Bonchev–Trinajstić information content (AvgIpc) is 3.04. The number of likely N-dealkylation sites (tertiary alicyclic amines) is 1. The highest BCUT2D eigenvalue weighted by molar-refractivity contribution is 7.93. The molecule has 8 nitrogen and oxygen atoms in total. The van der Waals surface area contributed by atoms with Gasteiger partial charge in [0.05, 0.1) is 11.4 Å². The van der Waals surface area contributed by atoms with Gasteiger partial charge in [0.2, 0.25) is 27.7 Å². The number of hydrogen-bond acceptors (Lipinski definition) is 5. The first-order valence-electron chi connectivity index (χ1n) is 7.60. The Bertz CT molecular complexity index is 772. The number of rotatable bonds is 4. The number of nitrogens with one attached hydrogen (secondary N) is 1. The summed E-state index contributed by atoms with van der Waals surface area (Å²) in [7, 11) is -3.24. The number of hydrogen-bond donors (Lipinski definition) is 1. The summed E-state index contributed by atoms with van der Waals surface area (Å²) in [4.78, 5) is 35.9. The fraction of sp³-hybridized carbons (Fsp3) is 0.400. The maximum atomic E-state index is 11.9. The van der Waals surface area contributed by atoms with Gasteiger partial charge in [0.25, 0.3) is 0 Å². The first-order valence-corrected chi connectivity index (χ1v) is 9.21. The Hall–Kier alpha value is -2.42. The van der Waals surface area contributed by atoms with Crippen LogP contribution in [0.5, 0.6) is 0 Å². The minimum Gasteiger partial charge on any atom is -0.325 e. The van der Waals surface area contributed by atoms with Gasteiger partial charge in [0, 0.05) is 25.1 Å². The summed E-state index contributed by atoms with van der Waals surface area (Å²) in [6.07, 6.45) is 0.884. The molecule has 1 aromatic rings. The van der Waals surface area contributed by atoms with E-state index in [9.17, 15) is 22.8 Å². The Morgan fingerprint density at radius 2 is 1.71 bits per heavy atom. The van der Waals surface area contributed by atoms with Gasteiger partial charge in [-0.1, -0.05) is 0 Å². The molecule has 24 heavy (non-hydrogen) atoms. The summed E-state index contributed by atoms with van der Waals surface area (Å²) in [6.45, 7) is 0.146. The molecular formula is C15H17N3O5S. The van der Waals surface area contributed by atoms with Crippen molar-refractivity contribution in [2.45, 2.75) is 19.3 Å². The zero-order chi connectivity index (χ0) is 17.3. The molecule has 2 fully saturated rings. The Labute approximate surface area is 139 Å². The molecule has 1 aromatic carbocycles. The van der Waals surface area contributed by atoms with Gasteiger partial charge in [-0.3, -0.25) is 23.6 Å². The highest BCUT2D eigenvalue weighted by Gasteiger charge is 2.30. The number of carbonyl (C=O) groups excluding carboxylic acids is 3. The summed E-state index contributed by atoms with van der Waals surface area (Å²) in [6, 6.07) is 6.42. The van der Waals surface area contributed by atoms with Crippen LogP contribution in [0.3, 0.4) is 0 Å². The van der Waals surface area contributed by atoms with Crippen LogP contribution in [0.4, 0.5) is 11.4 Å². The molecule has 0 radical (unpaired) electrons. The van der Waals surface area contributed by atoms with Crippen molar-refractivity contribution in [3.8, 4) is 0 Å². The summed E-state index contributed by atoms with van der Waals surface area (Å²) in [5, 5.41) is 2.60. The summed E-state index contributed by atoms with van der Waals surface area (Å²) >= 11 is 0. The summed E-state index contributed by atoms with van der Waals surface area (Å²) in [5.41, 5.74) is 1.02. The van der Waals surface area contributed by atoms with E-state index in [1.54, 1.807) is 24.3 Å². The quantitative estimate of drug-likeness (QED) is 0.787. The van der Waals surface area contributed by atoms with Crippen LogP contribution in [-0.4, -0.2) is 49.9 Å². The van der Waals surface area contributed by atoms with Gasteiger partial charge in [-0.05, 0) is 30.7 Å². The lowest BCUT2D eigenvalue weighted by molar-refractivity contribution is -0.141.